The normalized spacial score (nSPS) is 23.8. The molecule has 0 spiro atoms. The Labute approximate surface area is 243 Å². The predicted octanol–water partition coefficient (Wildman–Crippen LogP) is 3.99. The van der Waals surface area contributed by atoms with Gasteiger partial charge in [-0.1, -0.05) is 12.1 Å². The minimum atomic E-state index is -5.23. The summed E-state index contributed by atoms with van der Waals surface area (Å²) in [6.07, 6.45) is -7.13. The van der Waals surface area contributed by atoms with Crippen LogP contribution in [-0.4, -0.2) is 66.7 Å². The third kappa shape index (κ3) is 5.70. The predicted molar refractivity (Wildman–Crippen MR) is 132 cm³/mol. The molecule has 1 aromatic heterocycles. The van der Waals surface area contributed by atoms with Crippen molar-refractivity contribution in [1.82, 2.24) is 20.2 Å². The van der Waals surface area contributed by atoms with Crippen molar-refractivity contribution in [3.63, 3.8) is 0 Å². The monoisotopic (exact) mass is 656 g/mol. The first kappa shape index (κ1) is 32.2. The summed E-state index contributed by atoms with van der Waals surface area (Å²) in [6.45, 7) is -3.42. The summed E-state index contributed by atoms with van der Waals surface area (Å²) in [5.74, 6) is -6.51. The van der Waals surface area contributed by atoms with Crippen LogP contribution in [0.4, 0.5) is 30.7 Å². The fourth-order valence-corrected chi connectivity index (χ4v) is 6.28. The number of tetrazole rings is 1. The van der Waals surface area contributed by atoms with E-state index in [9.17, 15) is 22.1 Å². The summed E-state index contributed by atoms with van der Waals surface area (Å²) < 4.78 is 127. The summed E-state index contributed by atoms with van der Waals surface area (Å²) in [5.41, 5.74) is -5.94. The highest BCUT2D eigenvalue weighted by molar-refractivity contribution is 7.46. The standard InChI is InChI=1S/C25H24F7N4O7P/c26-16-3-6-18(19(27)7-16)23(12-36-13-33-34-35-36,42-14-43-44(38,39)40)25(31,32)22-9-21(10-22,11-22)15-1-4-17(5-2-15)41-8-20(37)24(28,29)30/h1-7,13,20,37H,8-12,14H2,(H2,38,39,40)/t20-,21?,22?,23+/m1/s1. The molecule has 3 aliphatic carbocycles. The van der Waals surface area contributed by atoms with Crippen molar-refractivity contribution in [3.8, 4) is 5.75 Å². The van der Waals surface area contributed by atoms with Crippen molar-refractivity contribution in [2.45, 2.75) is 55.0 Å². The molecule has 3 fully saturated rings. The molecule has 0 amide bonds. The maximum atomic E-state index is 17.0. The van der Waals surface area contributed by atoms with Crippen LogP contribution in [0.15, 0.2) is 48.8 Å². The van der Waals surface area contributed by atoms with Gasteiger partial charge in [-0.15, -0.1) is 5.10 Å². The van der Waals surface area contributed by atoms with E-state index in [1.807, 2.05) is 0 Å². The molecular formula is C25H24F7N4O7P. The molecule has 2 aromatic carbocycles. The number of ether oxygens (including phenoxy) is 2. The van der Waals surface area contributed by atoms with Gasteiger partial charge in [0.2, 0.25) is 0 Å². The Morgan fingerprint density at radius 1 is 1.02 bits per heavy atom. The van der Waals surface area contributed by atoms with Crippen LogP contribution < -0.4 is 4.74 Å². The number of aliphatic hydroxyl groups is 1. The topological polar surface area (TPSA) is 149 Å². The van der Waals surface area contributed by atoms with Crippen molar-refractivity contribution in [3.05, 3.63) is 71.6 Å². The molecule has 11 nitrogen and oxygen atoms in total. The third-order valence-corrected chi connectivity index (χ3v) is 8.57. The molecule has 19 heteroatoms. The molecule has 0 saturated heterocycles. The molecule has 6 rings (SSSR count). The second kappa shape index (κ2) is 11.0. The quantitative estimate of drug-likeness (QED) is 0.140. The first-order chi connectivity index (χ1) is 20.4. The number of alkyl halides is 5. The molecular weight excluding hydrogens is 632 g/mol. The second-order valence-electron chi connectivity index (χ2n) is 10.9. The van der Waals surface area contributed by atoms with Gasteiger partial charge in [-0.3, -0.25) is 4.52 Å². The van der Waals surface area contributed by atoms with Gasteiger partial charge < -0.3 is 24.4 Å². The van der Waals surface area contributed by atoms with Gasteiger partial charge in [0.25, 0.3) is 5.92 Å². The molecule has 3 aromatic rings. The summed E-state index contributed by atoms with van der Waals surface area (Å²) in [7, 11) is -5.23. The zero-order valence-electron chi connectivity index (χ0n) is 22.3. The zero-order chi connectivity index (χ0) is 32.2. The molecule has 240 valence electrons. The number of benzene rings is 2. The molecule has 3 aliphatic rings. The molecule has 3 saturated carbocycles. The average Bonchev–Trinajstić information content (AvgIpc) is 3.37. The highest BCUT2D eigenvalue weighted by atomic mass is 31.2. The van der Waals surface area contributed by atoms with E-state index in [1.54, 1.807) is 0 Å². The largest absolute Gasteiger partial charge is 0.491 e. The van der Waals surface area contributed by atoms with E-state index in [1.165, 1.54) is 24.3 Å². The van der Waals surface area contributed by atoms with Crippen molar-refractivity contribution in [2.75, 3.05) is 13.4 Å². The van der Waals surface area contributed by atoms with E-state index in [4.69, 9.17) is 24.4 Å². The van der Waals surface area contributed by atoms with E-state index in [-0.39, 0.29) is 25.0 Å². The number of hydrogen-bond acceptors (Lipinski definition) is 8. The number of aromatic nitrogens is 4. The van der Waals surface area contributed by atoms with Crippen LogP contribution in [0.5, 0.6) is 5.75 Å². The van der Waals surface area contributed by atoms with Crippen LogP contribution in [0.25, 0.3) is 0 Å². The number of phosphoric acid groups is 1. The highest BCUT2D eigenvalue weighted by Crippen LogP contribution is 2.80. The lowest BCUT2D eigenvalue weighted by atomic mass is 9.30. The number of aliphatic hydroxyl groups excluding tert-OH is 1. The number of nitrogens with zero attached hydrogens (tertiary/aromatic N) is 4. The SMILES string of the molecule is O=P(O)(O)OCO[C@@](Cn1cnnn1)(c1ccc(F)cc1F)C(F)(F)C12CC(c3ccc(OC[C@@H](O)C(F)(F)F)cc3)(C1)C2. The van der Waals surface area contributed by atoms with Crippen molar-refractivity contribution >= 4 is 7.82 Å². The summed E-state index contributed by atoms with van der Waals surface area (Å²) in [5, 5.41) is 19.4. The highest BCUT2D eigenvalue weighted by Gasteiger charge is 2.82. The van der Waals surface area contributed by atoms with Crippen LogP contribution in [0, 0.1) is 17.0 Å². The van der Waals surface area contributed by atoms with Gasteiger partial charge in [0.1, 0.15) is 30.3 Å². The zero-order valence-corrected chi connectivity index (χ0v) is 23.2. The maximum Gasteiger partial charge on any atom is 0.471 e. The molecule has 3 N–H and O–H groups in total. The minimum absolute atomic E-state index is 0.00869. The summed E-state index contributed by atoms with van der Waals surface area (Å²) in [4.78, 5) is 18.3. The van der Waals surface area contributed by atoms with Gasteiger partial charge >= 0.3 is 14.0 Å². The van der Waals surface area contributed by atoms with Gasteiger partial charge in [0.05, 0.1) is 6.54 Å². The molecule has 0 radical (unpaired) electrons. The van der Waals surface area contributed by atoms with Crippen LogP contribution in [-0.2, 0) is 31.4 Å². The molecule has 0 unspecified atom stereocenters. The van der Waals surface area contributed by atoms with Crippen LogP contribution in [0.1, 0.15) is 30.4 Å². The first-order valence-corrected chi connectivity index (χ1v) is 14.3. The van der Waals surface area contributed by atoms with E-state index >= 15 is 13.2 Å². The van der Waals surface area contributed by atoms with Gasteiger partial charge in [-0.25, -0.2) is 26.8 Å². The lowest BCUT2D eigenvalue weighted by Gasteiger charge is -2.74. The Balaban J connectivity index is 1.43. The van der Waals surface area contributed by atoms with Crippen molar-refractivity contribution in [1.29, 1.82) is 0 Å². The molecule has 2 bridgehead atoms. The average molecular weight is 656 g/mol. The Morgan fingerprint density at radius 2 is 1.68 bits per heavy atom. The minimum Gasteiger partial charge on any atom is -0.491 e. The van der Waals surface area contributed by atoms with Crippen LogP contribution in [0.2, 0.25) is 0 Å². The van der Waals surface area contributed by atoms with Gasteiger partial charge in [-0.2, -0.15) is 13.2 Å². The summed E-state index contributed by atoms with van der Waals surface area (Å²) in [6, 6.07) is 7.47. The molecule has 2 atom stereocenters. The van der Waals surface area contributed by atoms with Gasteiger partial charge in [0.15, 0.2) is 18.5 Å². The number of halogens is 7. The second-order valence-corrected chi connectivity index (χ2v) is 12.1. The smallest absolute Gasteiger partial charge is 0.471 e. The number of rotatable bonds is 13. The first-order valence-electron chi connectivity index (χ1n) is 12.8. The van der Waals surface area contributed by atoms with Crippen molar-refractivity contribution in [2.24, 2.45) is 5.41 Å². The lowest BCUT2D eigenvalue weighted by Crippen LogP contribution is -2.76. The molecule has 44 heavy (non-hydrogen) atoms. The van der Waals surface area contributed by atoms with E-state index in [0.29, 0.717) is 11.6 Å². The van der Waals surface area contributed by atoms with Crippen molar-refractivity contribution < 1.29 is 64.2 Å². The van der Waals surface area contributed by atoms with E-state index in [0.717, 1.165) is 23.1 Å². The fourth-order valence-electron chi connectivity index (χ4n) is 6.09. The fraction of sp³-hybridized carbons (Fsp3) is 0.480. The van der Waals surface area contributed by atoms with Crippen LogP contribution in [0.3, 0.4) is 0 Å². The molecule has 1 heterocycles. The maximum absolute atomic E-state index is 17.0. The van der Waals surface area contributed by atoms with Crippen LogP contribution >= 0.6 is 7.82 Å². The Morgan fingerprint density at radius 3 is 2.23 bits per heavy atom. The van der Waals surface area contributed by atoms with Gasteiger partial charge in [-0.05, 0) is 64.9 Å². The molecule has 0 aliphatic heterocycles. The van der Waals surface area contributed by atoms with Gasteiger partial charge in [0, 0.05) is 17.0 Å². The summed E-state index contributed by atoms with van der Waals surface area (Å²) >= 11 is 0. The lowest BCUT2D eigenvalue weighted by molar-refractivity contribution is -0.363. The Kier molecular flexibility index (Phi) is 8.08. The van der Waals surface area contributed by atoms with E-state index < -0.39 is 79.6 Å². The Bertz CT molecular complexity index is 1520. The van der Waals surface area contributed by atoms with E-state index in [2.05, 4.69) is 20.0 Å². The third-order valence-electron chi connectivity index (χ3n) is 8.12. The number of hydrogen-bond donors (Lipinski definition) is 3. The Hall–Kier alpha value is -3.15. The number of phosphoric ester groups is 1.